The maximum Gasteiger partial charge on any atom is 0.303 e. The minimum atomic E-state index is -0.780. The molecule has 0 spiro atoms. The molecule has 0 saturated carbocycles. The zero-order valence-electron chi connectivity index (χ0n) is 11.8. The Hall–Kier alpha value is -1.51. The zero-order chi connectivity index (χ0) is 13.9. The third-order valence-electron chi connectivity index (χ3n) is 3.10. The molecular weight excluding hydrogens is 228 g/mol. The molecule has 1 rings (SSSR count). The molecule has 0 aliphatic rings. The highest BCUT2D eigenvalue weighted by atomic mass is 16.5. The van der Waals surface area contributed by atoms with Crippen LogP contribution >= 0.6 is 0 Å². The zero-order valence-corrected chi connectivity index (χ0v) is 11.8. The molecule has 0 aliphatic heterocycles. The van der Waals surface area contributed by atoms with Gasteiger partial charge in [-0.2, -0.15) is 0 Å². The lowest BCUT2D eigenvalue weighted by Crippen LogP contribution is -2.15. The second kappa shape index (κ2) is 5.42. The number of ether oxygens (including phenoxy) is 1. The summed E-state index contributed by atoms with van der Waals surface area (Å²) in [5.74, 6) is 0.0568. The van der Waals surface area contributed by atoms with E-state index in [1.165, 1.54) is 0 Å². The molecular formula is C15H22O3. The average Bonchev–Trinajstić information content (AvgIpc) is 2.24. The van der Waals surface area contributed by atoms with Crippen LogP contribution in [0, 0.1) is 6.92 Å². The highest BCUT2D eigenvalue weighted by Crippen LogP contribution is 2.36. The minimum absolute atomic E-state index is 0.0168. The van der Waals surface area contributed by atoms with Crippen molar-refractivity contribution in [2.75, 3.05) is 7.11 Å². The van der Waals surface area contributed by atoms with Crippen LogP contribution in [0.1, 0.15) is 43.9 Å². The summed E-state index contributed by atoms with van der Waals surface area (Å²) < 4.78 is 5.52. The lowest BCUT2D eigenvalue weighted by Gasteiger charge is -2.25. The second-order valence-corrected chi connectivity index (χ2v) is 5.59. The molecule has 3 nitrogen and oxygen atoms in total. The van der Waals surface area contributed by atoms with Crippen LogP contribution in [0.2, 0.25) is 0 Å². The van der Waals surface area contributed by atoms with Crippen LogP contribution in [-0.4, -0.2) is 18.2 Å². The summed E-state index contributed by atoms with van der Waals surface area (Å²) in [4.78, 5) is 10.7. The van der Waals surface area contributed by atoms with Gasteiger partial charge in [-0.25, -0.2) is 0 Å². The van der Waals surface area contributed by atoms with Crippen molar-refractivity contribution in [1.82, 2.24) is 0 Å². The number of carboxylic acid groups (broad SMARTS) is 1. The maximum atomic E-state index is 10.7. The van der Waals surface area contributed by atoms with E-state index in [0.29, 0.717) is 6.42 Å². The van der Waals surface area contributed by atoms with Crippen molar-refractivity contribution >= 4 is 5.97 Å². The molecule has 0 fully saturated rings. The van der Waals surface area contributed by atoms with E-state index in [1.807, 2.05) is 13.0 Å². The number of methoxy groups -OCH3 is 1. The van der Waals surface area contributed by atoms with E-state index >= 15 is 0 Å². The quantitative estimate of drug-likeness (QED) is 0.891. The standard InChI is InChI=1S/C15H22O3/c1-10-6-8-12(15(2,3)4)14(18-5)11(10)7-9-13(16)17/h6,8H,7,9H2,1-5H3,(H,16,17). The molecule has 0 aromatic heterocycles. The molecule has 1 N–H and O–H groups in total. The van der Waals surface area contributed by atoms with Gasteiger partial charge in [-0.1, -0.05) is 32.9 Å². The Morgan fingerprint density at radius 2 is 1.94 bits per heavy atom. The lowest BCUT2D eigenvalue weighted by molar-refractivity contribution is -0.136. The molecule has 0 atom stereocenters. The van der Waals surface area contributed by atoms with Gasteiger partial charge in [0, 0.05) is 6.42 Å². The maximum absolute atomic E-state index is 10.7. The van der Waals surface area contributed by atoms with Crippen LogP contribution in [-0.2, 0) is 16.6 Å². The average molecular weight is 250 g/mol. The van der Waals surface area contributed by atoms with Crippen LogP contribution in [0.15, 0.2) is 12.1 Å². The van der Waals surface area contributed by atoms with Crippen LogP contribution in [0.3, 0.4) is 0 Å². The van der Waals surface area contributed by atoms with Gasteiger partial charge in [-0.05, 0) is 35.4 Å². The molecule has 0 unspecified atom stereocenters. The summed E-state index contributed by atoms with van der Waals surface area (Å²) >= 11 is 0. The molecule has 100 valence electrons. The van der Waals surface area contributed by atoms with E-state index in [0.717, 1.165) is 22.4 Å². The van der Waals surface area contributed by atoms with Crippen molar-refractivity contribution in [1.29, 1.82) is 0 Å². The first-order valence-electron chi connectivity index (χ1n) is 6.16. The van der Waals surface area contributed by atoms with Gasteiger partial charge in [0.25, 0.3) is 0 Å². The van der Waals surface area contributed by atoms with Crippen LogP contribution in [0.25, 0.3) is 0 Å². The number of rotatable bonds is 4. The van der Waals surface area contributed by atoms with E-state index in [2.05, 4.69) is 26.8 Å². The van der Waals surface area contributed by atoms with E-state index in [9.17, 15) is 4.79 Å². The van der Waals surface area contributed by atoms with Gasteiger partial charge in [-0.3, -0.25) is 4.79 Å². The van der Waals surface area contributed by atoms with Gasteiger partial charge >= 0.3 is 5.97 Å². The normalized spacial score (nSPS) is 11.4. The second-order valence-electron chi connectivity index (χ2n) is 5.59. The Balaban J connectivity index is 3.26. The van der Waals surface area contributed by atoms with Gasteiger partial charge in [0.05, 0.1) is 7.11 Å². The summed E-state index contributed by atoms with van der Waals surface area (Å²) in [6.07, 6.45) is 0.638. The highest BCUT2D eigenvalue weighted by molar-refractivity contribution is 5.67. The van der Waals surface area contributed by atoms with Crippen molar-refractivity contribution in [3.63, 3.8) is 0 Å². The number of hydrogen-bond acceptors (Lipinski definition) is 2. The number of aryl methyl sites for hydroxylation is 1. The summed E-state index contributed by atoms with van der Waals surface area (Å²) in [5.41, 5.74) is 3.20. The van der Waals surface area contributed by atoms with Crippen LogP contribution in [0.5, 0.6) is 5.75 Å². The Bertz CT molecular complexity index is 442. The van der Waals surface area contributed by atoms with E-state index in [-0.39, 0.29) is 11.8 Å². The molecule has 1 aromatic rings. The first kappa shape index (κ1) is 14.6. The number of carboxylic acids is 1. The number of benzene rings is 1. The molecule has 0 radical (unpaired) electrons. The molecule has 1 aromatic carbocycles. The Kier molecular flexibility index (Phi) is 4.38. The SMILES string of the molecule is COc1c(C(C)(C)C)ccc(C)c1CCC(=O)O. The molecule has 0 bridgehead atoms. The largest absolute Gasteiger partial charge is 0.496 e. The first-order chi connectivity index (χ1) is 8.27. The topological polar surface area (TPSA) is 46.5 Å². The van der Waals surface area contributed by atoms with Gasteiger partial charge in [0.1, 0.15) is 5.75 Å². The van der Waals surface area contributed by atoms with E-state index < -0.39 is 5.97 Å². The Morgan fingerprint density at radius 3 is 2.39 bits per heavy atom. The first-order valence-corrected chi connectivity index (χ1v) is 6.16. The summed E-state index contributed by atoms with van der Waals surface area (Å²) in [5, 5.41) is 8.82. The van der Waals surface area contributed by atoms with Crippen molar-refractivity contribution in [2.45, 2.75) is 46.0 Å². The predicted octanol–water partition coefficient (Wildman–Crippen LogP) is 3.32. The third-order valence-corrected chi connectivity index (χ3v) is 3.10. The number of hydrogen-bond donors (Lipinski definition) is 1. The monoisotopic (exact) mass is 250 g/mol. The van der Waals surface area contributed by atoms with Crippen molar-refractivity contribution in [3.05, 3.63) is 28.8 Å². The molecule has 0 aliphatic carbocycles. The predicted molar refractivity (Wildman–Crippen MR) is 72.4 cm³/mol. The summed E-state index contributed by atoms with van der Waals surface area (Å²) in [6, 6.07) is 4.11. The van der Waals surface area contributed by atoms with Crippen molar-refractivity contribution in [3.8, 4) is 5.75 Å². The number of aliphatic carboxylic acids is 1. The number of carbonyl (C=O) groups is 1. The van der Waals surface area contributed by atoms with Gasteiger partial charge < -0.3 is 9.84 Å². The van der Waals surface area contributed by atoms with E-state index in [4.69, 9.17) is 9.84 Å². The Labute approximate surface area is 109 Å². The molecule has 3 heteroatoms. The van der Waals surface area contributed by atoms with Crippen molar-refractivity contribution < 1.29 is 14.6 Å². The molecule has 0 amide bonds. The summed E-state index contributed by atoms with van der Waals surface area (Å²) in [6.45, 7) is 8.37. The molecule has 0 heterocycles. The van der Waals surface area contributed by atoms with Gasteiger partial charge in [-0.15, -0.1) is 0 Å². The lowest BCUT2D eigenvalue weighted by atomic mass is 9.83. The van der Waals surface area contributed by atoms with Gasteiger partial charge in [0.2, 0.25) is 0 Å². The molecule has 0 saturated heterocycles. The van der Waals surface area contributed by atoms with Crippen LogP contribution < -0.4 is 4.74 Å². The fourth-order valence-electron chi connectivity index (χ4n) is 2.09. The van der Waals surface area contributed by atoms with Crippen LogP contribution in [0.4, 0.5) is 0 Å². The highest BCUT2D eigenvalue weighted by Gasteiger charge is 2.22. The minimum Gasteiger partial charge on any atom is -0.496 e. The molecule has 18 heavy (non-hydrogen) atoms. The smallest absolute Gasteiger partial charge is 0.303 e. The fraction of sp³-hybridized carbons (Fsp3) is 0.533. The van der Waals surface area contributed by atoms with E-state index in [1.54, 1.807) is 7.11 Å². The third kappa shape index (κ3) is 3.25. The van der Waals surface area contributed by atoms with Crippen molar-refractivity contribution in [2.24, 2.45) is 0 Å². The fourth-order valence-corrected chi connectivity index (χ4v) is 2.09. The Morgan fingerprint density at radius 1 is 1.33 bits per heavy atom. The van der Waals surface area contributed by atoms with Gasteiger partial charge in [0.15, 0.2) is 0 Å². The summed E-state index contributed by atoms with van der Waals surface area (Å²) in [7, 11) is 1.65.